The SMILES string of the molecule is [Ca+2].[H-].[H-].[H-].[H-].[K+].[Mn].[Na+]. The molecule has 15 valence electrons. The predicted molar refractivity (Wildman–Crippen MR) is 10.2 cm³/mol. The molecule has 0 saturated carbocycles. The molecule has 0 aliphatic rings. The molecule has 0 fully saturated rings. The fourth-order valence-corrected chi connectivity index (χ4v) is 0. The molecule has 0 unspecified atom stereocenters. The van der Waals surface area contributed by atoms with Crippen LogP contribution in [0.25, 0.3) is 0 Å². The standard InChI is InChI=1S/Ca.K.Mn.Na.4H/q+2;+1;;+1;4*-1. The Bertz CT molecular complexity index is 16.0. The van der Waals surface area contributed by atoms with E-state index in [0.29, 0.717) is 0 Å². The molecule has 0 aromatic carbocycles. The molecule has 0 aliphatic carbocycles. The van der Waals surface area contributed by atoms with Gasteiger partial charge in [0.2, 0.25) is 0 Å². The van der Waals surface area contributed by atoms with Gasteiger partial charge in [0.15, 0.2) is 0 Å². The quantitative estimate of drug-likeness (QED) is 0.310. The number of hydrogen-bond donors (Lipinski definition) is 0. The summed E-state index contributed by atoms with van der Waals surface area (Å²) in [6, 6.07) is 0. The number of hydrogen-bond acceptors (Lipinski definition) is 0. The first kappa shape index (κ1) is 23.7. The molecule has 0 heterocycles. The molecule has 4 heteroatoms. The third-order valence-electron chi connectivity index (χ3n) is 0. The van der Waals surface area contributed by atoms with Crippen molar-refractivity contribution in [2.24, 2.45) is 0 Å². The van der Waals surface area contributed by atoms with Crippen molar-refractivity contribution in [1.82, 2.24) is 0 Å². The first-order valence-corrected chi connectivity index (χ1v) is 0. The first-order chi connectivity index (χ1) is 0. The van der Waals surface area contributed by atoms with E-state index in [4.69, 9.17) is 0 Å². The normalized spacial score (nSPS) is 0. The van der Waals surface area contributed by atoms with Crippen LogP contribution in [0.2, 0.25) is 0 Å². The van der Waals surface area contributed by atoms with Crippen molar-refractivity contribution in [3.63, 3.8) is 0 Å². The third kappa shape index (κ3) is 9.65. The van der Waals surface area contributed by atoms with Crippen LogP contribution in [0.4, 0.5) is 0 Å². The Hall–Kier alpha value is 4.42. The van der Waals surface area contributed by atoms with Crippen LogP contribution in [-0.2, 0) is 17.1 Å². The van der Waals surface area contributed by atoms with Gasteiger partial charge in [-0.15, -0.1) is 0 Å². The Morgan fingerprint density at radius 1 is 1.25 bits per heavy atom. The van der Waals surface area contributed by atoms with Gasteiger partial charge in [-0.1, -0.05) is 0 Å². The van der Waals surface area contributed by atoms with Gasteiger partial charge >= 0.3 is 119 Å². The molecule has 4 heavy (non-hydrogen) atoms. The van der Waals surface area contributed by atoms with Gasteiger partial charge in [0.05, 0.1) is 0 Å². The summed E-state index contributed by atoms with van der Waals surface area (Å²) in [4.78, 5) is 0. The molecule has 0 spiro atoms. The monoisotopic (exact) mass is 161 g/mol. The average Bonchev–Trinajstić information content (AvgIpc) is 0. The van der Waals surface area contributed by atoms with Crippen LogP contribution in [0, 0.1) is 0 Å². The minimum Gasteiger partial charge on any atom is -1.00 e. The van der Waals surface area contributed by atoms with E-state index in [1.165, 1.54) is 0 Å². The van der Waals surface area contributed by atoms with E-state index in [0.717, 1.165) is 0 Å². The Balaban J connectivity index is 0. The second-order valence-electron chi connectivity index (χ2n) is 0. The molecule has 0 aromatic rings. The Morgan fingerprint density at radius 3 is 1.25 bits per heavy atom. The molecule has 0 rings (SSSR count). The summed E-state index contributed by atoms with van der Waals surface area (Å²) in [5.74, 6) is 0. The van der Waals surface area contributed by atoms with Gasteiger partial charge in [-0.3, -0.25) is 0 Å². The van der Waals surface area contributed by atoms with Crippen molar-refractivity contribution in [2.45, 2.75) is 0 Å². The largest absolute Gasteiger partial charge is 2.00 e. The summed E-state index contributed by atoms with van der Waals surface area (Å²) in [6.45, 7) is 0. The zero-order chi connectivity index (χ0) is 0. The van der Waals surface area contributed by atoms with E-state index in [9.17, 15) is 0 Å². The zero-order valence-electron chi connectivity index (χ0n) is 7.09. The maximum atomic E-state index is 0. The van der Waals surface area contributed by atoms with Crippen LogP contribution >= 0.6 is 0 Å². The van der Waals surface area contributed by atoms with Gasteiger partial charge in [0, 0.05) is 17.1 Å². The van der Waals surface area contributed by atoms with E-state index in [-0.39, 0.29) is 141 Å². The average molecular weight is 161 g/mol. The van der Waals surface area contributed by atoms with Crippen LogP contribution in [0.3, 0.4) is 0 Å². The van der Waals surface area contributed by atoms with E-state index >= 15 is 0 Å². The predicted octanol–water partition coefficient (Wildman–Crippen LogP) is -5.93. The summed E-state index contributed by atoms with van der Waals surface area (Å²) >= 11 is 0. The topological polar surface area (TPSA) is 0 Å². The molecule has 0 aromatic heterocycles. The van der Waals surface area contributed by atoms with Crippen LogP contribution < -0.4 is 80.9 Å². The van der Waals surface area contributed by atoms with E-state index in [2.05, 4.69) is 0 Å². The summed E-state index contributed by atoms with van der Waals surface area (Å²) in [6.07, 6.45) is 0. The summed E-state index contributed by atoms with van der Waals surface area (Å²) < 4.78 is 0. The summed E-state index contributed by atoms with van der Waals surface area (Å²) in [5.41, 5.74) is 0. The smallest absolute Gasteiger partial charge is 1.00 e. The van der Waals surface area contributed by atoms with E-state index < -0.39 is 0 Å². The second kappa shape index (κ2) is 15.7. The number of rotatable bonds is 0. The molecule has 0 N–H and O–H groups in total. The fourth-order valence-electron chi connectivity index (χ4n) is 0. The fraction of sp³-hybridized carbons (Fsp3) is 0. The van der Waals surface area contributed by atoms with Crippen molar-refractivity contribution >= 4 is 37.7 Å². The maximum Gasteiger partial charge on any atom is 2.00 e. The van der Waals surface area contributed by atoms with Gasteiger partial charge in [0.1, 0.15) is 0 Å². The Morgan fingerprint density at radius 2 is 1.25 bits per heavy atom. The molecule has 0 saturated heterocycles. The molecule has 0 nitrogen and oxygen atoms in total. The van der Waals surface area contributed by atoms with E-state index in [1.54, 1.807) is 0 Å². The molecule has 0 bridgehead atoms. The third-order valence-corrected chi connectivity index (χ3v) is 0. The molecule has 0 atom stereocenters. The first-order valence-electron chi connectivity index (χ1n) is 0. The summed E-state index contributed by atoms with van der Waals surface area (Å²) in [7, 11) is 0. The van der Waals surface area contributed by atoms with Crippen molar-refractivity contribution in [1.29, 1.82) is 0 Å². The van der Waals surface area contributed by atoms with E-state index in [1.807, 2.05) is 0 Å². The van der Waals surface area contributed by atoms with Gasteiger partial charge in [0.25, 0.3) is 0 Å². The zero-order valence-corrected chi connectivity index (χ0v) is 11.6. The molecular weight excluding hydrogens is 157 g/mol. The van der Waals surface area contributed by atoms with Crippen LogP contribution in [0.5, 0.6) is 0 Å². The van der Waals surface area contributed by atoms with Crippen LogP contribution in [-0.4, -0.2) is 37.7 Å². The van der Waals surface area contributed by atoms with Crippen molar-refractivity contribution in [3.8, 4) is 0 Å². The molecule has 0 amide bonds. The van der Waals surface area contributed by atoms with Gasteiger partial charge < -0.3 is 5.71 Å². The van der Waals surface area contributed by atoms with Gasteiger partial charge in [-0.2, -0.15) is 0 Å². The van der Waals surface area contributed by atoms with Gasteiger partial charge in [-0.25, -0.2) is 0 Å². The van der Waals surface area contributed by atoms with Gasteiger partial charge in [-0.05, 0) is 0 Å². The minimum atomic E-state index is 0. The molecule has 1 radical (unpaired) electrons. The summed E-state index contributed by atoms with van der Waals surface area (Å²) in [5, 5.41) is 0. The Labute approximate surface area is 137 Å². The Kier molecular flexibility index (Phi) is 92.9. The second-order valence-corrected chi connectivity index (χ2v) is 0. The molecular formula is H4CaKMnNa. The van der Waals surface area contributed by atoms with Crippen molar-refractivity contribution in [3.05, 3.63) is 0 Å². The van der Waals surface area contributed by atoms with Crippen LogP contribution in [0.1, 0.15) is 5.71 Å². The molecule has 0 aliphatic heterocycles. The maximum absolute atomic E-state index is 0. The minimum absolute atomic E-state index is 0. The van der Waals surface area contributed by atoms with Crippen LogP contribution in [0.15, 0.2) is 0 Å². The van der Waals surface area contributed by atoms with Crippen molar-refractivity contribution < 1.29 is 104 Å². The van der Waals surface area contributed by atoms with Crippen molar-refractivity contribution in [2.75, 3.05) is 0 Å².